The molecule has 0 aromatic rings. The Morgan fingerprint density at radius 1 is 1.21 bits per heavy atom. The Labute approximate surface area is 100 Å². The lowest BCUT2D eigenvalue weighted by atomic mass is 10.2. The van der Waals surface area contributed by atoms with Gasteiger partial charge in [-0.15, -0.1) is 0 Å². The van der Waals surface area contributed by atoms with E-state index in [1.165, 1.54) is 0 Å². The molecule has 83 valence electrons. The van der Waals surface area contributed by atoms with E-state index in [1.807, 2.05) is 0 Å². The average Bonchev–Trinajstić information content (AvgIpc) is 2.00. The molecule has 0 aliphatic heterocycles. The Kier molecular flexibility index (Phi) is 7.79. The summed E-state index contributed by atoms with van der Waals surface area (Å²) in [5, 5.41) is 2.69. The van der Waals surface area contributed by atoms with Gasteiger partial charge in [0.1, 0.15) is 0 Å². The normalized spacial score (nSPS) is 11.4. The van der Waals surface area contributed by atoms with Gasteiger partial charge in [-0.05, 0) is 6.42 Å². The molecule has 0 aliphatic carbocycles. The highest BCUT2D eigenvalue weighted by molar-refractivity contribution is 6.68. The van der Waals surface area contributed by atoms with E-state index in [0.29, 0.717) is 6.54 Å². The largest absolute Gasteiger partial charge is 0.356 e. The predicted octanol–water partition coefficient (Wildman–Crippen LogP) is 3.26. The van der Waals surface area contributed by atoms with Crippen LogP contribution in [0.4, 0.5) is 0 Å². The maximum atomic E-state index is 11.1. The predicted molar refractivity (Wildman–Crippen MR) is 61.7 cm³/mol. The van der Waals surface area contributed by atoms with Crippen LogP contribution in [-0.2, 0) is 4.79 Å². The summed E-state index contributed by atoms with van der Waals surface area (Å²) in [6, 6.07) is 0. The first-order valence-corrected chi connectivity index (χ1v) is 5.72. The summed E-state index contributed by atoms with van der Waals surface area (Å²) in [7, 11) is 0. The highest BCUT2D eigenvalue weighted by Crippen LogP contribution is 2.29. The minimum atomic E-state index is -1.49. The molecule has 0 aromatic carbocycles. The Balaban J connectivity index is 3.36. The molecular formula is C9H15Cl3NO. The zero-order valence-electron chi connectivity index (χ0n) is 7.99. The van der Waals surface area contributed by atoms with Gasteiger partial charge in [0.05, 0.1) is 6.42 Å². The minimum absolute atomic E-state index is 0.0903. The summed E-state index contributed by atoms with van der Waals surface area (Å²) in [5.74, 6) is -0.223. The van der Waals surface area contributed by atoms with Gasteiger partial charge in [0.25, 0.3) is 0 Å². The van der Waals surface area contributed by atoms with Crippen LogP contribution in [-0.4, -0.2) is 16.2 Å². The second-order valence-corrected chi connectivity index (χ2v) is 5.57. The van der Waals surface area contributed by atoms with Crippen molar-refractivity contribution in [1.29, 1.82) is 0 Å². The van der Waals surface area contributed by atoms with Gasteiger partial charge in [0, 0.05) is 6.54 Å². The van der Waals surface area contributed by atoms with E-state index >= 15 is 0 Å². The fourth-order valence-corrected chi connectivity index (χ4v) is 1.32. The highest BCUT2D eigenvalue weighted by Gasteiger charge is 2.23. The van der Waals surface area contributed by atoms with Crippen LogP contribution in [0.5, 0.6) is 0 Å². The van der Waals surface area contributed by atoms with Crippen LogP contribution in [0.25, 0.3) is 0 Å². The number of rotatable bonds is 6. The molecule has 1 N–H and O–H groups in total. The summed E-state index contributed by atoms with van der Waals surface area (Å²) >= 11 is 16.4. The van der Waals surface area contributed by atoms with Gasteiger partial charge in [-0.3, -0.25) is 4.79 Å². The Morgan fingerprint density at radius 3 is 2.36 bits per heavy atom. The smallest absolute Gasteiger partial charge is 0.224 e. The fourth-order valence-electron chi connectivity index (χ4n) is 0.951. The number of hydrogen-bond acceptors (Lipinski definition) is 1. The lowest BCUT2D eigenvalue weighted by Crippen LogP contribution is -2.28. The third kappa shape index (κ3) is 10.4. The number of amides is 1. The third-order valence-corrected chi connectivity index (χ3v) is 2.01. The number of hydrogen-bond donors (Lipinski definition) is 1. The van der Waals surface area contributed by atoms with Crippen LogP contribution in [0.1, 0.15) is 32.1 Å². The summed E-state index contributed by atoms with van der Waals surface area (Å²) in [5.41, 5.74) is 0. The van der Waals surface area contributed by atoms with Crippen molar-refractivity contribution in [1.82, 2.24) is 5.32 Å². The van der Waals surface area contributed by atoms with Gasteiger partial charge in [-0.2, -0.15) is 0 Å². The van der Waals surface area contributed by atoms with E-state index in [9.17, 15) is 4.79 Å². The van der Waals surface area contributed by atoms with E-state index in [4.69, 9.17) is 34.8 Å². The molecule has 0 fully saturated rings. The van der Waals surface area contributed by atoms with E-state index in [-0.39, 0.29) is 12.3 Å². The van der Waals surface area contributed by atoms with Crippen molar-refractivity contribution in [2.45, 2.75) is 35.9 Å². The molecular weight excluding hydrogens is 244 g/mol. The number of nitrogens with one attached hydrogen (secondary N) is 1. The molecule has 5 heteroatoms. The first-order chi connectivity index (χ1) is 6.45. The molecule has 0 atom stereocenters. The molecule has 14 heavy (non-hydrogen) atoms. The molecule has 0 aromatic heterocycles. The first kappa shape index (κ1) is 14.3. The molecule has 0 spiro atoms. The van der Waals surface area contributed by atoms with Crippen LogP contribution in [0.15, 0.2) is 0 Å². The second kappa shape index (κ2) is 7.61. The molecule has 0 saturated heterocycles. The molecule has 0 unspecified atom stereocenters. The number of carbonyl (C=O) groups is 1. The maximum Gasteiger partial charge on any atom is 0.224 e. The molecule has 0 bridgehead atoms. The van der Waals surface area contributed by atoms with Crippen molar-refractivity contribution in [3.63, 3.8) is 0 Å². The number of alkyl halides is 3. The van der Waals surface area contributed by atoms with E-state index < -0.39 is 3.79 Å². The fraction of sp³-hybridized carbons (Fsp3) is 0.778. The zero-order chi connectivity index (χ0) is 11.0. The van der Waals surface area contributed by atoms with Crippen molar-refractivity contribution in [3.8, 4) is 0 Å². The van der Waals surface area contributed by atoms with Crippen LogP contribution in [0, 0.1) is 6.92 Å². The topological polar surface area (TPSA) is 29.1 Å². The maximum absolute atomic E-state index is 11.1. The number of carbonyl (C=O) groups excluding carboxylic acids is 1. The van der Waals surface area contributed by atoms with Crippen LogP contribution >= 0.6 is 34.8 Å². The van der Waals surface area contributed by atoms with Crippen LogP contribution in [0.3, 0.4) is 0 Å². The molecule has 2 nitrogen and oxygen atoms in total. The monoisotopic (exact) mass is 258 g/mol. The molecule has 1 radical (unpaired) electrons. The van der Waals surface area contributed by atoms with Crippen molar-refractivity contribution >= 4 is 40.7 Å². The molecule has 0 saturated carbocycles. The van der Waals surface area contributed by atoms with Gasteiger partial charge in [0.2, 0.25) is 5.91 Å². The Morgan fingerprint density at radius 2 is 1.86 bits per heavy atom. The lowest BCUT2D eigenvalue weighted by Gasteiger charge is -2.10. The molecule has 0 rings (SSSR count). The average molecular weight is 260 g/mol. The highest BCUT2D eigenvalue weighted by atomic mass is 35.6. The summed E-state index contributed by atoms with van der Waals surface area (Å²) in [6.45, 7) is 4.37. The van der Waals surface area contributed by atoms with E-state index in [1.54, 1.807) is 0 Å². The van der Waals surface area contributed by atoms with Gasteiger partial charge in [-0.25, -0.2) is 0 Å². The lowest BCUT2D eigenvalue weighted by molar-refractivity contribution is -0.120. The van der Waals surface area contributed by atoms with Crippen molar-refractivity contribution < 1.29 is 4.79 Å². The first-order valence-electron chi connectivity index (χ1n) is 4.58. The molecule has 0 aliphatic rings. The second-order valence-electron chi connectivity index (χ2n) is 3.06. The van der Waals surface area contributed by atoms with Gasteiger partial charge in [-0.1, -0.05) is 61.0 Å². The Hall–Kier alpha value is 0.340. The van der Waals surface area contributed by atoms with Crippen molar-refractivity contribution in [2.24, 2.45) is 0 Å². The van der Waals surface area contributed by atoms with Crippen molar-refractivity contribution in [3.05, 3.63) is 6.92 Å². The number of halogens is 3. The Bertz CT molecular complexity index is 168. The quantitative estimate of drug-likeness (QED) is 0.576. The summed E-state index contributed by atoms with van der Waals surface area (Å²) in [6.07, 6.45) is 3.94. The van der Waals surface area contributed by atoms with Gasteiger partial charge in [0.15, 0.2) is 3.79 Å². The number of unbranched alkanes of at least 4 members (excludes halogenated alkanes) is 3. The standard InChI is InChI=1S/C9H15Cl3NO/c1-2-3-4-5-6-13-8(14)7-9(10,11)12/h1-7H2,(H,13,14). The zero-order valence-corrected chi connectivity index (χ0v) is 10.3. The SMILES string of the molecule is [CH2]CCCCCNC(=O)CC(Cl)(Cl)Cl. The van der Waals surface area contributed by atoms with Crippen LogP contribution < -0.4 is 5.32 Å². The summed E-state index contributed by atoms with van der Waals surface area (Å²) < 4.78 is -1.49. The third-order valence-electron chi connectivity index (χ3n) is 1.61. The molecule has 1 amide bonds. The van der Waals surface area contributed by atoms with E-state index in [2.05, 4.69) is 12.2 Å². The van der Waals surface area contributed by atoms with Gasteiger partial charge < -0.3 is 5.32 Å². The molecule has 0 heterocycles. The van der Waals surface area contributed by atoms with Crippen LogP contribution in [0.2, 0.25) is 0 Å². The van der Waals surface area contributed by atoms with E-state index in [0.717, 1.165) is 25.7 Å². The van der Waals surface area contributed by atoms with Gasteiger partial charge >= 0.3 is 0 Å². The minimum Gasteiger partial charge on any atom is -0.356 e. The summed E-state index contributed by atoms with van der Waals surface area (Å²) in [4.78, 5) is 11.1. The van der Waals surface area contributed by atoms with Crippen molar-refractivity contribution in [2.75, 3.05) is 6.54 Å².